The van der Waals surface area contributed by atoms with Gasteiger partial charge in [0.1, 0.15) is 0 Å². The van der Waals surface area contributed by atoms with Crippen LogP contribution in [-0.2, 0) is 6.42 Å². The van der Waals surface area contributed by atoms with Crippen LogP contribution in [-0.4, -0.2) is 17.6 Å². The van der Waals surface area contributed by atoms with Crippen molar-refractivity contribution in [3.63, 3.8) is 0 Å². The lowest BCUT2D eigenvalue weighted by molar-refractivity contribution is -0.384. The normalized spacial score (nSPS) is 11.6. The maximum absolute atomic E-state index is 12.4. The largest absolute Gasteiger partial charge is 0.269 e. The molecule has 1 rings (SSSR count). The van der Waals surface area contributed by atoms with Crippen molar-refractivity contribution in [2.45, 2.75) is 12.5 Å². The van der Waals surface area contributed by atoms with E-state index in [0.717, 1.165) is 0 Å². The third-order valence-electron chi connectivity index (χ3n) is 2.01. The molecule has 0 radical (unpaired) electrons. The van der Waals surface area contributed by atoms with Crippen LogP contribution >= 0.6 is 0 Å². The molecule has 0 aliphatic heterocycles. The smallest absolute Gasteiger partial charge is 0.258 e. The quantitative estimate of drug-likeness (QED) is 0.253. The maximum atomic E-state index is 12.4. The zero-order chi connectivity index (χ0) is 12.0. The van der Waals surface area contributed by atoms with Crippen LogP contribution in [0.2, 0.25) is 0 Å². The second kappa shape index (κ2) is 5.67. The zero-order valence-corrected chi connectivity index (χ0v) is 8.28. The van der Waals surface area contributed by atoms with Crippen molar-refractivity contribution in [3.05, 3.63) is 50.4 Å². The molecule has 7 heteroatoms. The van der Waals surface area contributed by atoms with E-state index in [9.17, 15) is 14.5 Å². The summed E-state index contributed by atoms with van der Waals surface area (Å²) in [6.45, 7) is -0.749. The van der Waals surface area contributed by atoms with Gasteiger partial charge in [0.05, 0.1) is 17.6 Å². The van der Waals surface area contributed by atoms with Crippen molar-refractivity contribution in [3.8, 4) is 0 Å². The van der Waals surface area contributed by atoms with Crippen LogP contribution in [0.15, 0.2) is 29.4 Å². The fourth-order valence-electron chi connectivity index (χ4n) is 1.23. The van der Waals surface area contributed by atoms with E-state index in [1.54, 1.807) is 0 Å². The first-order chi connectivity index (χ1) is 7.67. The van der Waals surface area contributed by atoms with Crippen LogP contribution < -0.4 is 0 Å². The van der Waals surface area contributed by atoms with Gasteiger partial charge in [-0.05, 0) is 17.5 Å². The highest BCUT2D eigenvalue weighted by atomic mass is 19.1. The highest BCUT2D eigenvalue weighted by Gasteiger charge is 2.09. The van der Waals surface area contributed by atoms with Crippen molar-refractivity contribution < 1.29 is 9.31 Å². The number of azide groups is 1. The molecule has 0 amide bonds. The molecule has 0 fully saturated rings. The number of benzene rings is 1. The van der Waals surface area contributed by atoms with Crippen LogP contribution in [0.25, 0.3) is 10.4 Å². The second-order valence-electron chi connectivity index (χ2n) is 3.14. The summed E-state index contributed by atoms with van der Waals surface area (Å²) in [6.07, 6.45) is 0.235. The van der Waals surface area contributed by atoms with Crippen molar-refractivity contribution in [2.75, 3.05) is 6.67 Å². The minimum absolute atomic E-state index is 0.0238. The average molecular weight is 224 g/mol. The van der Waals surface area contributed by atoms with Gasteiger partial charge in [0.25, 0.3) is 5.69 Å². The van der Waals surface area contributed by atoms with Gasteiger partial charge in [0, 0.05) is 17.0 Å². The Hall–Kier alpha value is -2.14. The van der Waals surface area contributed by atoms with E-state index in [1.165, 1.54) is 24.3 Å². The fourth-order valence-corrected chi connectivity index (χ4v) is 1.23. The van der Waals surface area contributed by atoms with Crippen LogP contribution in [0.5, 0.6) is 0 Å². The van der Waals surface area contributed by atoms with Crippen molar-refractivity contribution in [1.29, 1.82) is 0 Å². The van der Waals surface area contributed by atoms with Crippen LogP contribution in [0.3, 0.4) is 0 Å². The monoisotopic (exact) mass is 224 g/mol. The maximum Gasteiger partial charge on any atom is 0.269 e. The van der Waals surface area contributed by atoms with Gasteiger partial charge in [-0.2, -0.15) is 0 Å². The SMILES string of the molecule is [N-]=[N+]=N[C@H](CF)Cc1ccc([N+](=O)[O-])cc1. The predicted octanol–water partition coefficient (Wildman–Crippen LogP) is 2.79. The molecule has 1 aromatic carbocycles. The average Bonchev–Trinajstić information content (AvgIpc) is 2.29. The van der Waals surface area contributed by atoms with Crippen LogP contribution in [0.1, 0.15) is 5.56 Å². The molecule has 0 spiro atoms. The van der Waals surface area contributed by atoms with E-state index >= 15 is 0 Å². The number of hydrogen-bond donors (Lipinski definition) is 0. The Morgan fingerprint density at radius 2 is 2.12 bits per heavy atom. The lowest BCUT2D eigenvalue weighted by Gasteiger charge is -2.05. The molecular weight excluding hydrogens is 215 g/mol. The van der Waals surface area contributed by atoms with E-state index in [-0.39, 0.29) is 12.1 Å². The molecule has 0 heterocycles. The summed E-state index contributed by atoms with van der Waals surface area (Å²) < 4.78 is 12.4. The highest BCUT2D eigenvalue weighted by Crippen LogP contribution is 2.14. The summed E-state index contributed by atoms with van der Waals surface area (Å²) in [4.78, 5) is 12.4. The van der Waals surface area contributed by atoms with Gasteiger partial charge in [-0.25, -0.2) is 0 Å². The molecule has 0 aliphatic rings. The number of alkyl halides is 1. The lowest BCUT2D eigenvalue weighted by atomic mass is 10.1. The Balaban J connectivity index is 2.74. The number of nitrogens with zero attached hydrogens (tertiary/aromatic N) is 4. The van der Waals surface area contributed by atoms with Gasteiger partial charge in [-0.3, -0.25) is 14.5 Å². The van der Waals surface area contributed by atoms with E-state index in [4.69, 9.17) is 5.53 Å². The Bertz CT molecular complexity index is 414. The topological polar surface area (TPSA) is 91.9 Å². The molecule has 1 aromatic rings. The number of nitro benzene ring substituents is 1. The molecule has 0 aromatic heterocycles. The first-order valence-electron chi connectivity index (χ1n) is 4.51. The first-order valence-corrected chi connectivity index (χ1v) is 4.51. The molecule has 16 heavy (non-hydrogen) atoms. The van der Waals surface area contributed by atoms with Gasteiger partial charge >= 0.3 is 0 Å². The van der Waals surface area contributed by atoms with Gasteiger partial charge in [0.15, 0.2) is 0 Å². The predicted molar refractivity (Wildman–Crippen MR) is 55.7 cm³/mol. The third kappa shape index (κ3) is 3.21. The summed E-state index contributed by atoms with van der Waals surface area (Å²) in [5, 5.41) is 13.6. The molecule has 0 aliphatic carbocycles. The Labute approximate surface area is 90.5 Å². The van der Waals surface area contributed by atoms with Crippen molar-refractivity contribution in [1.82, 2.24) is 0 Å². The van der Waals surface area contributed by atoms with Crippen LogP contribution in [0, 0.1) is 10.1 Å². The number of hydrogen-bond acceptors (Lipinski definition) is 3. The molecular formula is C9H9FN4O2. The summed E-state index contributed by atoms with van der Waals surface area (Å²) in [6, 6.07) is 4.95. The Kier molecular flexibility index (Phi) is 4.23. The first kappa shape index (κ1) is 11.9. The van der Waals surface area contributed by atoms with Gasteiger partial charge in [-0.15, -0.1) is 0 Å². The summed E-state index contributed by atoms with van der Waals surface area (Å²) >= 11 is 0. The molecule has 0 N–H and O–H groups in total. The van der Waals surface area contributed by atoms with Gasteiger partial charge in [-0.1, -0.05) is 17.2 Å². The number of halogens is 1. The van der Waals surface area contributed by atoms with Crippen LogP contribution in [0.4, 0.5) is 10.1 Å². The molecule has 0 bridgehead atoms. The standard InChI is InChI=1S/C9H9FN4O2/c10-6-8(12-13-11)5-7-1-3-9(4-2-7)14(15)16/h1-4,8H,5-6H2/t8-/m0/s1. The molecule has 84 valence electrons. The van der Waals surface area contributed by atoms with E-state index in [0.29, 0.717) is 5.56 Å². The highest BCUT2D eigenvalue weighted by molar-refractivity contribution is 5.33. The molecule has 1 atom stereocenters. The number of nitro groups is 1. The third-order valence-corrected chi connectivity index (χ3v) is 2.01. The minimum atomic E-state index is -0.758. The number of rotatable bonds is 5. The fraction of sp³-hybridized carbons (Fsp3) is 0.333. The van der Waals surface area contributed by atoms with Crippen molar-refractivity contribution >= 4 is 5.69 Å². The number of non-ortho nitro benzene ring substituents is 1. The summed E-state index contributed by atoms with van der Waals surface area (Å²) in [5.74, 6) is 0. The zero-order valence-electron chi connectivity index (χ0n) is 8.28. The Morgan fingerprint density at radius 3 is 2.56 bits per heavy atom. The van der Waals surface area contributed by atoms with Gasteiger partial charge in [0.2, 0.25) is 0 Å². The van der Waals surface area contributed by atoms with E-state index < -0.39 is 17.6 Å². The van der Waals surface area contributed by atoms with Crippen molar-refractivity contribution in [2.24, 2.45) is 5.11 Å². The van der Waals surface area contributed by atoms with Gasteiger partial charge < -0.3 is 0 Å². The van der Waals surface area contributed by atoms with E-state index in [2.05, 4.69) is 10.0 Å². The molecule has 6 nitrogen and oxygen atoms in total. The second-order valence-corrected chi connectivity index (χ2v) is 3.14. The van der Waals surface area contributed by atoms with E-state index in [1.807, 2.05) is 0 Å². The molecule has 0 unspecified atom stereocenters. The molecule has 0 saturated carbocycles. The summed E-state index contributed by atoms with van der Waals surface area (Å²) in [7, 11) is 0. The Morgan fingerprint density at radius 1 is 1.50 bits per heavy atom. The lowest BCUT2D eigenvalue weighted by Crippen LogP contribution is -2.09. The molecule has 0 saturated heterocycles. The summed E-state index contributed by atoms with van der Waals surface area (Å²) in [5.41, 5.74) is 8.84. The minimum Gasteiger partial charge on any atom is -0.258 e.